The summed E-state index contributed by atoms with van der Waals surface area (Å²) in [4.78, 5) is 16.7. The normalized spacial score (nSPS) is 16.1. The smallest absolute Gasteiger partial charge is 0.254 e. The van der Waals surface area contributed by atoms with E-state index in [1.54, 1.807) is 18.4 Å². The van der Waals surface area contributed by atoms with Gasteiger partial charge in [-0.25, -0.2) is 0 Å². The van der Waals surface area contributed by atoms with E-state index < -0.39 is 0 Å². The first-order valence-corrected chi connectivity index (χ1v) is 10.2. The van der Waals surface area contributed by atoms with E-state index in [-0.39, 0.29) is 11.9 Å². The molecule has 0 saturated carbocycles. The number of benzene rings is 2. The predicted molar refractivity (Wildman–Crippen MR) is 110 cm³/mol. The Balaban J connectivity index is 1.72. The minimum absolute atomic E-state index is 0.0516. The lowest BCUT2D eigenvalue weighted by molar-refractivity contribution is 0.0696. The molecule has 0 N–H and O–H groups in total. The second kappa shape index (κ2) is 7.57. The van der Waals surface area contributed by atoms with Crippen molar-refractivity contribution in [3.8, 4) is 5.75 Å². The fourth-order valence-electron chi connectivity index (χ4n) is 3.73. The molecule has 3 aromatic rings. The second-order valence-corrected chi connectivity index (χ2v) is 7.77. The van der Waals surface area contributed by atoms with Crippen molar-refractivity contribution in [2.45, 2.75) is 25.8 Å². The third kappa shape index (κ3) is 3.37. The Kier molecular flexibility index (Phi) is 4.99. The van der Waals surface area contributed by atoms with Crippen LogP contribution in [0.4, 0.5) is 0 Å². The summed E-state index contributed by atoms with van der Waals surface area (Å²) in [5.41, 5.74) is 4.37. The Bertz CT molecular complexity index is 928. The van der Waals surface area contributed by atoms with Gasteiger partial charge in [-0.2, -0.15) is 0 Å². The van der Waals surface area contributed by atoms with Crippen molar-refractivity contribution >= 4 is 17.2 Å². The molecule has 0 radical (unpaired) electrons. The number of rotatable bonds is 4. The molecule has 1 aromatic heterocycles. The third-order valence-corrected chi connectivity index (χ3v) is 6.26. The van der Waals surface area contributed by atoms with Crippen molar-refractivity contribution < 1.29 is 9.53 Å². The monoisotopic (exact) mass is 377 g/mol. The van der Waals surface area contributed by atoms with Crippen LogP contribution < -0.4 is 4.74 Å². The molecule has 4 heteroatoms. The highest BCUT2D eigenvalue weighted by Gasteiger charge is 2.33. The number of amides is 1. The van der Waals surface area contributed by atoms with E-state index in [4.69, 9.17) is 4.74 Å². The van der Waals surface area contributed by atoms with Crippen LogP contribution in [0.3, 0.4) is 0 Å². The summed E-state index contributed by atoms with van der Waals surface area (Å²) in [6.07, 6.45) is 1.89. The van der Waals surface area contributed by atoms with Gasteiger partial charge in [0, 0.05) is 17.0 Å². The van der Waals surface area contributed by atoms with Crippen LogP contribution in [0.15, 0.2) is 60.0 Å². The van der Waals surface area contributed by atoms with Crippen LogP contribution in [-0.4, -0.2) is 24.5 Å². The maximum Gasteiger partial charge on any atom is 0.254 e. The number of aryl methyl sites for hydroxylation is 1. The molecule has 0 saturated heterocycles. The van der Waals surface area contributed by atoms with E-state index in [1.165, 1.54) is 16.0 Å². The summed E-state index contributed by atoms with van der Waals surface area (Å²) in [7, 11) is 1.67. The van der Waals surface area contributed by atoms with Crippen molar-refractivity contribution in [3.05, 3.63) is 87.1 Å². The van der Waals surface area contributed by atoms with Crippen LogP contribution in [-0.2, 0) is 12.8 Å². The maximum atomic E-state index is 13.3. The number of fused-ring (bicyclic) bond motifs is 1. The van der Waals surface area contributed by atoms with E-state index >= 15 is 0 Å². The van der Waals surface area contributed by atoms with Gasteiger partial charge in [0.25, 0.3) is 5.91 Å². The number of thiophene rings is 1. The molecule has 0 aliphatic carbocycles. The third-order valence-electron chi connectivity index (χ3n) is 5.27. The van der Waals surface area contributed by atoms with Crippen LogP contribution in [0.1, 0.15) is 44.9 Å². The first-order valence-electron chi connectivity index (χ1n) is 9.31. The molecule has 1 aliphatic rings. The van der Waals surface area contributed by atoms with Crippen molar-refractivity contribution in [3.63, 3.8) is 0 Å². The molecule has 138 valence electrons. The summed E-state index contributed by atoms with van der Waals surface area (Å²) in [5, 5.41) is 2.13. The molecule has 1 amide bonds. The lowest BCUT2D eigenvalue weighted by Crippen LogP contribution is -2.40. The van der Waals surface area contributed by atoms with Crippen LogP contribution in [0.2, 0.25) is 0 Å². The fourth-order valence-corrected chi connectivity index (χ4v) is 4.63. The van der Waals surface area contributed by atoms with Gasteiger partial charge in [0.05, 0.1) is 13.2 Å². The van der Waals surface area contributed by atoms with Crippen molar-refractivity contribution in [2.75, 3.05) is 13.7 Å². The van der Waals surface area contributed by atoms with Gasteiger partial charge in [0.1, 0.15) is 5.75 Å². The molecule has 0 fully saturated rings. The summed E-state index contributed by atoms with van der Waals surface area (Å²) in [6, 6.07) is 18.2. The van der Waals surface area contributed by atoms with E-state index in [9.17, 15) is 4.79 Å². The van der Waals surface area contributed by atoms with Gasteiger partial charge in [-0.3, -0.25) is 4.79 Å². The highest BCUT2D eigenvalue weighted by Crippen LogP contribution is 2.39. The standard InChI is InChI=1S/C23H23NO2S/c1-3-16-4-6-18(7-5-16)23(25)24-14-12-21-20(13-15-27-21)22(24)17-8-10-19(26-2)11-9-17/h4-11,13,15,22H,3,12,14H2,1-2H3. The van der Waals surface area contributed by atoms with E-state index in [0.29, 0.717) is 0 Å². The Hall–Kier alpha value is -2.59. The number of carbonyl (C=O) groups excluding carboxylic acids is 1. The van der Waals surface area contributed by atoms with Gasteiger partial charge in [-0.1, -0.05) is 31.2 Å². The Morgan fingerprint density at radius 3 is 2.52 bits per heavy atom. The lowest BCUT2D eigenvalue weighted by Gasteiger charge is -2.36. The molecule has 0 spiro atoms. The number of ether oxygens (including phenoxy) is 1. The Morgan fingerprint density at radius 2 is 1.85 bits per heavy atom. The quantitative estimate of drug-likeness (QED) is 0.632. The molecule has 0 bridgehead atoms. The first-order chi connectivity index (χ1) is 13.2. The number of nitrogens with zero attached hydrogens (tertiary/aromatic N) is 1. The highest BCUT2D eigenvalue weighted by atomic mass is 32.1. The molecule has 1 aliphatic heterocycles. The van der Waals surface area contributed by atoms with Gasteiger partial charge in [-0.05, 0) is 65.2 Å². The van der Waals surface area contributed by atoms with Gasteiger partial charge >= 0.3 is 0 Å². The molecule has 2 aromatic carbocycles. The Labute approximate surface area is 164 Å². The van der Waals surface area contributed by atoms with E-state index in [1.807, 2.05) is 29.2 Å². The molecular weight excluding hydrogens is 354 g/mol. The molecule has 2 heterocycles. The molecule has 3 nitrogen and oxygen atoms in total. The van der Waals surface area contributed by atoms with Crippen LogP contribution in [0.25, 0.3) is 0 Å². The topological polar surface area (TPSA) is 29.5 Å². The molecule has 27 heavy (non-hydrogen) atoms. The zero-order valence-corrected chi connectivity index (χ0v) is 16.5. The molecule has 1 unspecified atom stereocenters. The predicted octanol–water partition coefficient (Wildman–Crippen LogP) is 5.11. The number of carbonyl (C=O) groups is 1. The molecular formula is C23H23NO2S. The number of hydrogen-bond acceptors (Lipinski definition) is 3. The van der Waals surface area contributed by atoms with Crippen molar-refractivity contribution in [1.82, 2.24) is 4.90 Å². The average molecular weight is 378 g/mol. The zero-order valence-electron chi connectivity index (χ0n) is 15.6. The van der Waals surface area contributed by atoms with Gasteiger partial charge < -0.3 is 9.64 Å². The molecule has 4 rings (SSSR count). The number of hydrogen-bond donors (Lipinski definition) is 0. The number of methoxy groups -OCH3 is 1. The minimum atomic E-state index is -0.0516. The fraction of sp³-hybridized carbons (Fsp3) is 0.261. The van der Waals surface area contributed by atoms with Crippen molar-refractivity contribution in [2.24, 2.45) is 0 Å². The zero-order chi connectivity index (χ0) is 18.8. The maximum absolute atomic E-state index is 13.3. The van der Waals surface area contributed by atoms with Crippen LogP contribution >= 0.6 is 11.3 Å². The van der Waals surface area contributed by atoms with Gasteiger partial charge in [-0.15, -0.1) is 11.3 Å². The Morgan fingerprint density at radius 1 is 1.11 bits per heavy atom. The second-order valence-electron chi connectivity index (χ2n) is 6.77. The summed E-state index contributed by atoms with van der Waals surface area (Å²) in [5.74, 6) is 0.920. The first kappa shape index (κ1) is 17.8. The van der Waals surface area contributed by atoms with Crippen molar-refractivity contribution in [1.29, 1.82) is 0 Å². The van der Waals surface area contributed by atoms with Crippen LogP contribution in [0.5, 0.6) is 5.75 Å². The largest absolute Gasteiger partial charge is 0.497 e. The average Bonchev–Trinajstić information content (AvgIpc) is 3.21. The summed E-state index contributed by atoms with van der Waals surface area (Å²) >= 11 is 1.78. The highest BCUT2D eigenvalue weighted by molar-refractivity contribution is 7.10. The van der Waals surface area contributed by atoms with Gasteiger partial charge in [0.2, 0.25) is 0 Å². The van der Waals surface area contributed by atoms with E-state index in [2.05, 4.69) is 42.6 Å². The summed E-state index contributed by atoms with van der Waals surface area (Å²) in [6.45, 7) is 2.86. The SMILES string of the molecule is CCc1ccc(C(=O)N2CCc3sccc3C2c2ccc(OC)cc2)cc1. The van der Waals surface area contributed by atoms with E-state index in [0.717, 1.165) is 36.3 Å². The lowest BCUT2D eigenvalue weighted by atomic mass is 9.92. The van der Waals surface area contributed by atoms with Crippen LogP contribution in [0, 0.1) is 0 Å². The molecule has 1 atom stereocenters. The minimum Gasteiger partial charge on any atom is -0.497 e. The van der Waals surface area contributed by atoms with Gasteiger partial charge in [0.15, 0.2) is 0 Å². The summed E-state index contributed by atoms with van der Waals surface area (Å²) < 4.78 is 5.30.